The van der Waals surface area contributed by atoms with Gasteiger partial charge in [0.15, 0.2) is 5.11 Å². The minimum absolute atomic E-state index is 0.0198. The summed E-state index contributed by atoms with van der Waals surface area (Å²) in [5, 5.41) is 7.27. The molecule has 2 fully saturated rings. The maximum Gasteiger partial charge on any atom is 0.170 e. The van der Waals surface area contributed by atoms with Gasteiger partial charge < -0.3 is 15.5 Å². The molecular weight excluding hydrogens is 395 g/mol. The number of thiocarbonyl (C=S) groups is 1. The molecule has 30 heavy (non-hydrogen) atoms. The molecule has 1 aliphatic carbocycles. The monoisotopic (exact) mass is 426 g/mol. The molecule has 0 bridgehead atoms. The van der Waals surface area contributed by atoms with E-state index in [9.17, 15) is 4.39 Å². The van der Waals surface area contributed by atoms with Gasteiger partial charge in [-0.3, -0.25) is 0 Å². The first kappa shape index (κ1) is 21.0. The summed E-state index contributed by atoms with van der Waals surface area (Å²) in [7, 11) is 0. The quantitative estimate of drug-likeness (QED) is 0.627. The molecule has 0 unspecified atom stereocenters. The summed E-state index contributed by atoms with van der Waals surface area (Å²) < 4.78 is 13.4. The predicted octanol–water partition coefficient (Wildman–Crippen LogP) is 5.40. The summed E-state index contributed by atoms with van der Waals surface area (Å²) in [6, 6.07) is 11.6. The smallest absolute Gasteiger partial charge is 0.170 e. The Balaban J connectivity index is 1.35. The highest BCUT2D eigenvalue weighted by atomic mass is 32.1. The zero-order valence-electron chi connectivity index (χ0n) is 17.7. The van der Waals surface area contributed by atoms with Crippen LogP contribution < -0.4 is 15.5 Å². The molecule has 1 saturated heterocycles. The number of benzene rings is 1. The Morgan fingerprint density at radius 3 is 2.57 bits per heavy atom. The molecule has 1 atom stereocenters. The van der Waals surface area contributed by atoms with Gasteiger partial charge in [0.2, 0.25) is 0 Å². The molecule has 1 aliphatic heterocycles. The molecule has 2 aliphatic rings. The highest BCUT2D eigenvalue weighted by molar-refractivity contribution is 7.80. The fourth-order valence-electron chi connectivity index (χ4n) is 4.92. The van der Waals surface area contributed by atoms with Crippen LogP contribution in [0, 0.1) is 5.82 Å². The van der Waals surface area contributed by atoms with Gasteiger partial charge in [0.25, 0.3) is 0 Å². The van der Waals surface area contributed by atoms with E-state index in [1.165, 1.54) is 37.7 Å². The fourth-order valence-corrected chi connectivity index (χ4v) is 5.11. The first-order valence-electron chi connectivity index (χ1n) is 11.1. The fraction of sp³-hybridized carbons (Fsp3) is 0.500. The topological polar surface area (TPSA) is 40.2 Å². The van der Waals surface area contributed by atoms with Crippen LogP contribution in [0.4, 0.5) is 15.9 Å². The molecule has 160 valence electrons. The maximum atomic E-state index is 13.4. The molecule has 1 aromatic carbocycles. The van der Waals surface area contributed by atoms with Crippen molar-refractivity contribution in [2.24, 2.45) is 0 Å². The van der Waals surface area contributed by atoms with Crippen molar-refractivity contribution in [1.29, 1.82) is 0 Å². The zero-order chi connectivity index (χ0) is 21.0. The second kappa shape index (κ2) is 9.29. The highest BCUT2D eigenvalue weighted by Crippen LogP contribution is 2.40. The van der Waals surface area contributed by atoms with Crippen molar-refractivity contribution < 1.29 is 4.39 Å². The van der Waals surface area contributed by atoms with E-state index in [0.717, 1.165) is 37.4 Å². The van der Waals surface area contributed by atoms with Crippen LogP contribution in [-0.4, -0.2) is 29.2 Å². The number of nitrogens with one attached hydrogen (secondary N) is 2. The van der Waals surface area contributed by atoms with Gasteiger partial charge in [-0.2, -0.15) is 0 Å². The normalized spacial score (nSPS) is 20.7. The van der Waals surface area contributed by atoms with E-state index >= 15 is 0 Å². The maximum absolute atomic E-state index is 13.4. The van der Waals surface area contributed by atoms with Crippen LogP contribution in [0.5, 0.6) is 0 Å². The first-order chi connectivity index (χ1) is 14.6. The number of piperidine rings is 1. The number of rotatable bonds is 5. The minimum Gasteiger partial charge on any atom is -0.362 e. The molecule has 6 heteroatoms. The number of halogens is 1. The lowest BCUT2D eigenvalue weighted by Gasteiger charge is -2.34. The lowest BCUT2D eigenvalue weighted by Crippen LogP contribution is -2.40. The number of aromatic nitrogens is 1. The van der Waals surface area contributed by atoms with Crippen LogP contribution in [-0.2, 0) is 5.41 Å². The van der Waals surface area contributed by atoms with E-state index in [-0.39, 0.29) is 11.2 Å². The van der Waals surface area contributed by atoms with Crippen molar-refractivity contribution in [2.75, 3.05) is 23.3 Å². The van der Waals surface area contributed by atoms with Gasteiger partial charge in [-0.25, -0.2) is 9.37 Å². The van der Waals surface area contributed by atoms with Crippen molar-refractivity contribution in [3.05, 3.63) is 54.0 Å². The Morgan fingerprint density at radius 1 is 1.13 bits per heavy atom. The van der Waals surface area contributed by atoms with E-state index in [2.05, 4.69) is 33.5 Å². The van der Waals surface area contributed by atoms with Crippen LogP contribution in [0.1, 0.15) is 57.4 Å². The van der Waals surface area contributed by atoms with Gasteiger partial charge in [-0.1, -0.05) is 25.0 Å². The minimum atomic E-state index is -0.188. The summed E-state index contributed by atoms with van der Waals surface area (Å²) in [6.45, 7) is 4.10. The lowest BCUT2D eigenvalue weighted by molar-refractivity contribution is 0.434. The Hall–Kier alpha value is -2.21. The van der Waals surface area contributed by atoms with Gasteiger partial charge in [-0.05, 0) is 81.1 Å². The highest BCUT2D eigenvalue weighted by Gasteiger charge is 2.35. The molecule has 1 saturated carbocycles. The number of hydrogen-bond donors (Lipinski definition) is 2. The molecule has 2 aromatic rings. The standard InChI is InChI=1S/C24H31FN4S/c1-18-6-2-5-15-29(18)22-12-11-21(16-26-22)28-23(30)27-17-24(13-3-4-14-24)19-7-9-20(25)10-8-19/h7-12,16,18H,2-6,13-15,17H2,1H3,(H2,27,28,30)/t18-/m1/s1. The first-order valence-corrected chi connectivity index (χ1v) is 11.5. The van der Waals surface area contributed by atoms with Crippen molar-refractivity contribution in [1.82, 2.24) is 10.3 Å². The summed E-state index contributed by atoms with van der Waals surface area (Å²) in [6.07, 6.45) is 10.2. The second-order valence-corrected chi connectivity index (χ2v) is 9.15. The van der Waals surface area contributed by atoms with Gasteiger partial charge in [-0.15, -0.1) is 0 Å². The summed E-state index contributed by atoms with van der Waals surface area (Å²) in [4.78, 5) is 7.04. The number of hydrogen-bond acceptors (Lipinski definition) is 3. The molecule has 0 spiro atoms. The SMILES string of the molecule is C[C@@H]1CCCCN1c1ccc(NC(=S)NCC2(c3ccc(F)cc3)CCCC2)cn1. The molecular formula is C24H31FN4S. The molecule has 4 rings (SSSR count). The van der Waals surface area contributed by atoms with Crippen molar-refractivity contribution in [3.63, 3.8) is 0 Å². The third-order valence-corrected chi connectivity index (χ3v) is 6.95. The van der Waals surface area contributed by atoms with Crippen LogP contribution >= 0.6 is 12.2 Å². The van der Waals surface area contributed by atoms with Crippen LogP contribution in [0.3, 0.4) is 0 Å². The van der Waals surface area contributed by atoms with Crippen molar-refractivity contribution in [3.8, 4) is 0 Å². The average Bonchev–Trinajstić information content (AvgIpc) is 3.24. The number of anilines is 2. The summed E-state index contributed by atoms with van der Waals surface area (Å²) in [5.41, 5.74) is 2.10. The summed E-state index contributed by atoms with van der Waals surface area (Å²) >= 11 is 5.55. The Bertz CT molecular complexity index is 847. The lowest BCUT2D eigenvalue weighted by atomic mass is 9.79. The molecule has 0 radical (unpaired) electrons. The van der Waals surface area contributed by atoms with Gasteiger partial charge in [0, 0.05) is 24.5 Å². The van der Waals surface area contributed by atoms with Crippen LogP contribution in [0.2, 0.25) is 0 Å². The van der Waals surface area contributed by atoms with Gasteiger partial charge >= 0.3 is 0 Å². The van der Waals surface area contributed by atoms with E-state index in [1.54, 1.807) is 12.1 Å². The average molecular weight is 427 g/mol. The third kappa shape index (κ3) is 4.75. The molecule has 2 N–H and O–H groups in total. The van der Waals surface area contributed by atoms with Gasteiger partial charge in [0.1, 0.15) is 11.6 Å². The third-order valence-electron chi connectivity index (χ3n) is 6.71. The summed E-state index contributed by atoms with van der Waals surface area (Å²) in [5.74, 6) is 0.847. The Labute approximate surface area is 184 Å². The van der Waals surface area contributed by atoms with E-state index in [1.807, 2.05) is 24.4 Å². The predicted molar refractivity (Wildman–Crippen MR) is 126 cm³/mol. The molecule has 1 aromatic heterocycles. The Morgan fingerprint density at radius 2 is 1.90 bits per heavy atom. The van der Waals surface area contributed by atoms with E-state index < -0.39 is 0 Å². The largest absolute Gasteiger partial charge is 0.362 e. The zero-order valence-corrected chi connectivity index (χ0v) is 18.5. The van der Waals surface area contributed by atoms with Gasteiger partial charge in [0.05, 0.1) is 11.9 Å². The molecule has 0 amide bonds. The van der Waals surface area contributed by atoms with Crippen LogP contribution in [0.25, 0.3) is 0 Å². The van der Waals surface area contributed by atoms with E-state index in [0.29, 0.717) is 11.2 Å². The van der Waals surface area contributed by atoms with Crippen LogP contribution in [0.15, 0.2) is 42.6 Å². The van der Waals surface area contributed by atoms with Crippen molar-refractivity contribution >= 4 is 28.8 Å². The Kier molecular flexibility index (Phi) is 6.52. The number of nitrogens with zero attached hydrogens (tertiary/aromatic N) is 2. The second-order valence-electron chi connectivity index (χ2n) is 8.75. The van der Waals surface area contributed by atoms with Crippen molar-refractivity contribution in [2.45, 2.75) is 63.3 Å². The van der Waals surface area contributed by atoms with E-state index in [4.69, 9.17) is 12.2 Å². The molecule has 4 nitrogen and oxygen atoms in total. The molecule has 2 heterocycles. The number of pyridine rings is 1.